The van der Waals surface area contributed by atoms with Gasteiger partial charge in [-0.15, -0.1) is 19.7 Å². The summed E-state index contributed by atoms with van der Waals surface area (Å²) in [6.45, 7) is 30.0. The van der Waals surface area contributed by atoms with Gasteiger partial charge in [0.1, 0.15) is 0 Å². The van der Waals surface area contributed by atoms with E-state index in [0.717, 1.165) is 6.67 Å². The number of hydrogen-bond acceptors (Lipinski definition) is 2. The van der Waals surface area contributed by atoms with Crippen LogP contribution in [0.5, 0.6) is 0 Å². The van der Waals surface area contributed by atoms with Crippen LogP contribution in [0, 0.1) is 0 Å². The van der Waals surface area contributed by atoms with E-state index in [9.17, 15) is 0 Å². The summed E-state index contributed by atoms with van der Waals surface area (Å²) in [5.74, 6) is 0. The highest BCUT2D eigenvalue weighted by Crippen LogP contribution is 2.37. The Morgan fingerprint density at radius 2 is 0.973 bits per heavy atom. The SMILES string of the molecule is C=CC[Si](C)(C)CCC[Si](CCCN1C=CN(C)C1)(CCC[Si](C)(C)CC=C)CCC[Si](C)(C)CC=C. The van der Waals surface area contributed by atoms with Crippen LogP contribution in [0.1, 0.15) is 25.7 Å². The number of allylic oxidation sites excluding steroid dienone is 3. The lowest BCUT2D eigenvalue weighted by molar-refractivity contribution is 0.296. The molecule has 2 nitrogen and oxygen atoms in total. The van der Waals surface area contributed by atoms with Crippen molar-refractivity contribution in [2.24, 2.45) is 0 Å². The van der Waals surface area contributed by atoms with Crippen molar-refractivity contribution >= 4 is 32.3 Å². The molecule has 0 saturated heterocycles. The van der Waals surface area contributed by atoms with Crippen molar-refractivity contribution in [1.29, 1.82) is 0 Å². The second kappa shape index (κ2) is 16.5. The smallest absolute Gasteiger partial charge is 0.0890 e. The third-order valence-electron chi connectivity index (χ3n) is 8.86. The summed E-state index contributed by atoms with van der Waals surface area (Å²) in [6, 6.07) is 14.5. The molecule has 0 fully saturated rings. The van der Waals surface area contributed by atoms with Crippen LogP contribution in [0.3, 0.4) is 0 Å². The molecule has 0 aromatic heterocycles. The molecule has 0 aromatic rings. The van der Waals surface area contributed by atoms with E-state index in [1.807, 2.05) is 0 Å². The molecule has 0 unspecified atom stereocenters. The fraction of sp³-hybridized carbons (Fsp3) is 0.742. The van der Waals surface area contributed by atoms with Crippen LogP contribution in [-0.4, -0.2) is 62.4 Å². The van der Waals surface area contributed by atoms with Crippen LogP contribution in [-0.2, 0) is 0 Å². The highest BCUT2D eigenvalue weighted by atomic mass is 28.3. The van der Waals surface area contributed by atoms with Crippen LogP contribution >= 0.6 is 0 Å². The van der Waals surface area contributed by atoms with E-state index in [1.54, 1.807) is 18.1 Å². The lowest BCUT2D eigenvalue weighted by Gasteiger charge is -2.36. The summed E-state index contributed by atoms with van der Waals surface area (Å²) in [7, 11) is -2.54. The zero-order valence-electron chi connectivity index (χ0n) is 26.2. The molecule has 0 bridgehead atoms. The van der Waals surface area contributed by atoms with E-state index in [0.29, 0.717) is 0 Å². The lowest BCUT2D eigenvalue weighted by Crippen LogP contribution is -2.37. The molecule has 0 aliphatic carbocycles. The molecule has 0 spiro atoms. The quantitative estimate of drug-likeness (QED) is 0.0934. The molecule has 1 aliphatic heterocycles. The van der Waals surface area contributed by atoms with Crippen LogP contribution < -0.4 is 0 Å². The van der Waals surface area contributed by atoms with Crippen molar-refractivity contribution in [2.75, 3.05) is 20.3 Å². The van der Waals surface area contributed by atoms with Gasteiger partial charge in [-0.2, -0.15) is 0 Å². The van der Waals surface area contributed by atoms with Crippen molar-refractivity contribution < 1.29 is 0 Å². The highest BCUT2D eigenvalue weighted by Gasteiger charge is 2.34. The Hall–Kier alpha value is -0.572. The largest absolute Gasteiger partial charge is 0.362 e. The third-order valence-corrected chi connectivity index (χ3v) is 23.8. The summed E-state index contributed by atoms with van der Waals surface area (Å²) in [4.78, 5) is 4.83. The second-order valence-electron chi connectivity index (χ2n) is 14.6. The highest BCUT2D eigenvalue weighted by molar-refractivity contribution is 6.82. The van der Waals surface area contributed by atoms with Crippen molar-refractivity contribution in [1.82, 2.24) is 9.80 Å². The van der Waals surface area contributed by atoms with Crippen LogP contribution in [0.25, 0.3) is 0 Å². The van der Waals surface area contributed by atoms with Crippen molar-refractivity contribution in [3.8, 4) is 0 Å². The summed E-state index contributed by atoms with van der Waals surface area (Å²) in [5, 5.41) is 0. The van der Waals surface area contributed by atoms with E-state index in [-0.39, 0.29) is 0 Å². The molecule has 6 heteroatoms. The molecule has 0 N–H and O–H groups in total. The van der Waals surface area contributed by atoms with E-state index in [1.165, 1.54) is 74.5 Å². The van der Waals surface area contributed by atoms with Gasteiger partial charge in [-0.1, -0.05) is 119 Å². The summed E-state index contributed by atoms with van der Waals surface area (Å²) in [6.07, 6.45) is 16.9. The van der Waals surface area contributed by atoms with Gasteiger partial charge in [-0.3, -0.25) is 0 Å². The normalized spacial score (nSPS) is 14.9. The first-order valence-electron chi connectivity index (χ1n) is 15.2. The minimum atomic E-state index is -1.33. The first-order chi connectivity index (χ1) is 17.3. The molecular formula is C31H64N2Si4. The van der Waals surface area contributed by atoms with Crippen LogP contribution in [0.2, 0.25) is 99.7 Å². The summed E-state index contributed by atoms with van der Waals surface area (Å²) in [5.41, 5.74) is 0. The van der Waals surface area contributed by atoms with Crippen molar-refractivity contribution in [3.63, 3.8) is 0 Å². The molecule has 1 heterocycles. The van der Waals surface area contributed by atoms with E-state index >= 15 is 0 Å². The molecule has 0 saturated carbocycles. The third kappa shape index (κ3) is 15.0. The van der Waals surface area contributed by atoms with Gasteiger partial charge >= 0.3 is 0 Å². The number of hydrogen-bond donors (Lipinski definition) is 0. The summed E-state index contributed by atoms with van der Waals surface area (Å²) < 4.78 is 0. The van der Waals surface area contributed by atoms with Gasteiger partial charge in [0.25, 0.3) is 0 Å². The van der Waals surface area contributed by atoms with Gasteiger partial charge in [0.15, 0.2) is 0 Å². The van der Waals surface area contributed by atoms with E-state index in [2.05, 4.69) is 106 Å². The molecule has 0 amide bonds. The molecule has 0 radical (unpaired) electrons. The maximum Gasteiger partial charge on any atom is 0.0890 e. The van der Waals surface area contributed by atoms with Gasteiger partial charge in [-0.05, 0) is 24.6 Å². The molecular weight excluding hydrogens is 513 g/mol. The van der Waals surface area contributed by atoms with Gasteiger partial charge in [-0.25, -0.2) is 0 Å². The fourth-order valence-electron chi connectivity index (χ4n) is 6.45. The standard InChI is InChI=1S/C31H64N2Si4/c1-11-21-34(5,6)24-15-28-37(29-16-25-35(7,8)22-12-2,30-17-26-36(9,10)23-13-3)27-14-18-33-20-19-32(4)31-33/h11-13,19-20H,1-3,14-18,21-31H2,4-10H3. The Bertz CT molecular complexity index is 645. The monoisotopic (exact) mass is 576 g/mol. The Balaban J connectivity index is 2.99. The predicted octanol–water partition coefficient (Wildman–Crippen LogP) is 10.4. The first kappa shape index (κ1) is 34.5. The van der Waals surface area contributed by atoms with Crippen molar-refractivity contribution in [2.45, 2.75) is 125 Å². The van der Waals surface area contributed by atoms with Crippen molar-refractivity contribution in [3.05, 3.63) is 50.4 Å². The average molecular weight is 577 g/mol. The Morgan fingerprint density at radius 1 is 0.595 bits per heavy atom. The second-order valence-corrected chi connectivity index (χ2v) is 35.4. The topological polar surface area (TPSA) is 6.48 Å². The number of rotatable bonds is 22. The lowest BCUT2D eigenvalue weighted by atomic mass is 10.4. The molecule has 1 rings (SSSR count). The van der Waals surface area contributed by atoms with Gasteiger partial charge in [0.05, 0.1) is 39.0 Å². The minimum absolute atomic E-state index is 1.07. The van der Waals surface area contributed by atoms with E-state index in [4.69, 9.17) is 0 Å². The maximum atomic E-state index is 4.07. The fourth-order valence-corrected chi connectivity index (χ4v) is 19.1. The molecule has 214 valence electrons. The predicted molar refractivity (Wildman–Crippen MR) is 184 cm³/mol. The Labute approximate surface area is 237 Å². The maximum absolute atomic E-state index is 4.07. The zero-order valence-corrected chi connectivity index (χ0v) is 30.2. The van der Waals surface area contributed by atoms with Gasteiger partial charge < -0.3 is 9.80 Å². The molecule has 1 aliphatic rings. The molecule has 37 heavy (non-hydrogen) atoms. The van der Waals surface area contributed by atoms with E-state index < -0.39 is 32.3 Å². The average Bonchev–Trinajstić information content (AvgIpc) is 3.18. The molecule has 0 atom stereocenters. The zero-order chi connectivity index (χ0) is 28.0. The molecule has 0 aromatic carbocycles. The Kier molecular flexibility index (Phi) is 15.4. The Morgan fingerprint density at radius 3 is 1.30 bits per heavy atom. The van der Waals surface area contributed by atoms with Gasteiger partial charge in [0.2, 0.25) is 0 Å². The first-order valence-corrected chi connectivity index (χ1v) is 28.3. The number of nitrogens with zero attached hydrogens (tertiary/aromatic N) is 2. The van der Waals surface area contributed by atoms with Gasteiger partial charge in [0, 0.05) is 26.0 Å². The summed E-state index contributed by atoms with van der Waals surface area (Å²) >= 11 is 0. The minimum Gasteiger partial charge on any atom is -0.362 e. The van der Waals surface area contributed by atoms with Crippen LogP contribution in [0.15, 0.2) is 50.4 Å². The van der Waals surface area contributed by atoms with Crippen LogP contribution in [0.4, 0.5) is 0 Å².